The third-order valence-electron chi connectivity index (χ3n) is 8.15. The molecule has 3 fully saturated rings. The highest BCUT2D eigenvalue weighted by Crippen LogP contribution is 2.52. The lowest BCUT2D eigenvalue weighted by molar-refractivity contribution is 0.0263. The van der Waals surface area contributed by atoms with Crippen LogP contribution in [0.1, 0.15) is 61.2 Å². The second-order valence-corrected chi connectivity index (χ2v) is 10.1. The molecule has 4 heterocycles. The SMILES string of the molecule is Cc1cc(N2CCc3c(c(C)nn3CC34CCC(N)(CC3)CC4)C2)c2cn[nH]c2n1. The first-order chi connectivity index (χ1) is 14.4. The fourth-order valence-corrected chi connectivity index (χ4v) is 6.14. The van der Waals surface area contributed by atoms with Gasteiger partial charge in [-0.05, 0) is 63.9 Å². The number of nitrogens with two attached hydrogens (primary N) is 1. The number of aromatic amines is 1. The summed E-state index contributed by atoms with van der Waals surface area (Å²) in [4.78, 5) is 7.05. The number of hydrogen-bond donors (Lipinski definition) is 2. The summed E-state index contributed by atoms with van der Waals surface area (Å²) >= 11 is 0. The van der Waals surface area contributed by atoms with Crippen LogP contribution in [0.2, 0.25) is 0 Å². The van der Waals surface area contributed by atoms with Crippen LogP contribution in [0.15, 0.2) is 12.3 Å². The molecule has 1 aliphatic heterocycles. The molecule has 0 amide bonds. The van der Waals surface area contributed by atoms with E-state index in [1.165, 1.54) is 61.2 Å². The fourth-order valence-electron chi connectivity index (χ4n) is 6.14. The summed E-state index contributed by atoms with van der Waals surface area (Å²) in [6, 6.07) is 2.19. The number of hydrogen-bond acceptors (Lipinski definition) is 5. The Labute approximate surface area is 177 Å². The Morgan fingerprint density at radius 1 is 1.13 bits per heavy atom. The topological polar surface area (TPSA) is 88.6 Å². The first-order valence-corrected chi connectivity index (χ1v) is 11.3. The van der Waals surface area contributed by atoms with Crippen molar-refractivity contribution in [3.8, 4) is 0 Å². The summed E-state index contributed by atoms with van der Waals surface area (Å²) in [6.45, 7) is 7.20. The Hall–Kier alpha value is -2.41. The van der Waals surface area contributed by atoms with Gasteiger partial charge < -0.3 is 10.6 Å². The minimum Gasteiger partial charge on any atom is -0.366 e. The van der Waals surface area contributed by atoms with E-state index in [9.17, 15) is 0 Å². The molecule has 7 heteroatoms. The zero-order valence-corrected chi connectivity index (χ0v) is 18.0. The highest BCUT2D eigenvalue weighted by Gasteiger charge is 2.47. The van der Waals surface area contributed by atoms with E-state index in [1.807, 2.05) is 13.1 Å². The number of rotatable bonds is 3. The van der Waals surface area contributed by atoms with Crippen molar-refractivity contribution >= 4 is 16.7 Å². The van der Waals surface area contributed by atoms with Gasteiger partial charge in [0.25, 0.3) is 0 Å². The molecule has 0 saturated heterocycles. The molecule has 158 valence electrons. The second kappa shape index (κ2) is 6.30. The summed E-state index contributed by atoms with van der Waals surface area (Å²) in [7, 11) is 0. The van der Waals surface area contributed by atoms with Crippen LogP contribution in [0.5, 0.6) is 0 Å². The molecule has 4 aliphatic rings. The van der Waals surface area contributed by atoms with Crippen molar-refractivity contribution in [3.63, 3.8) is 0 Å². The minimum atomic E-state index is 0.128. The van der Waals surface area contributed by atoms with E-state index in [2.05, 4.69) is 37.8 Å². The Morgan fingerprint density at radius 2 is 1.90 bits per heavy atom. The molecule has 0 atom stereocenters. The molecule has 3 aromatic heterocycles. The first-order valence-electron chi connectivity index (χ1n) is 11.3. The normalized spacial score (nSPS) is 28.3. The molecule has 3 aliphatic carbocycles. The number of pyridine rings is 1. The van der Waals surface area contributed by atoms with E-state index in [0.29, 0.717) is 5.41 Å². The third-order valence-corrected chi connectivity index (χ3v) is 8.15. The summed E-state index contributed by atoms with van der Waals surface area (Å²) in [5.41, 5.74) is 14.2. The molecule has 2 bridgehead atoms. The maximum absolute atomic E-state index is 6.54. The van der Waals surface area contributed by atoms with Gasteiger partial charge in [0.05, 0.1) is 23.0 Å². The predicted molar refractivity (Wildman–Crippen MR) is 117 cm³/mol. The van der Waals surface area contributed by atoms with Crippen LogP contribution in [0.25, 0.3) is 11.0 Å². The van der Waals surface area contributed by atoms with Crippen molar-refractivity contribution < 1.29 is 0 Å². The van der Waals surface area contributed by atoms with Crippen LogP contribution in [0.4, 0.5) is 5.69 Å². The van der Waals surface area contributed by atoms with Crippen LogP contribution in [-0.2, 0) is 19.5 Å². The van der Waals surface area contributed by atoms with E-state index in [4.69, 9.17) is 10.8 Å². The molecule has 7 nitrogen and oxygen atoms in total. The van der Waals surface area contributed by atoms with E-state index >= 15 is 0 Å². The molecule has 0 radical (unpaired) electrons. The van der Waals surface area contributed by atoms with E-state index in [1.54, 1.807) is 0 Å². The summed E-state index contributed by atoms with van der Waals surface area (Å²) in [5, 5.41) is 13.4. The van der Waals surface area contributed by atoms with Gasteiger partial charge in [0, 0.05) is 48.5 Å². The highest BCUT2D eigenvalue weighted by atomic mass is 15.3. The van der Waals surface area contributed by atoms with Crippen LogP contribution in [-0.4, -0.2) is 37.0 Å². The van der Waals surface area contributed by atoms with Gasteiger partial charge in [0.15, 0.2) is 5.65 Å². The van der Waals surface area contributed by atoms with Crippen LogP contribution < -0.4 is 10.6 Å². The predicted octanol–water partition coefficient (Wildman–Crippen LogP) is 3.39. The van der Waals surface area contributed by atoms with E-state index < -0.39 is 0 Å². The molecule has 3 aromatic rings. The van der Waals surface area contributed by atoms with Crippen molar-refractivity contribution in [2.45, 2.75) is 77.4 Å². The number of H-pyrrole nitrogens is 1. The number of nitrogens with one attached hydrogen (secondary N) is 1. The molecule has 0 spiro atoms. The van der Waals surface area contributed by atoms with Crippen molar-refractivity contribution in [3.05, 3.63) is 34.9 Å². The average Bonchev–Trinajstić information content (AvgIpc) is 3.33. The summed E-state index contributed by atoms with van der Waals surface area (Å²) in [5.74, 6) is 0. The van der Waals surface area contributed by atoms with Crippen LogP contribution in [0, 0.1) is 19.3 Å². The molecule has 3 N–H and O–H groups in total. The molecular formula is C23H31N7. The van der Waals surface area contributed by atoms with Crippen LogP contribution >= 0.6 is 0 Å². The Morgan fingerprint density at radius 3 is 2.67 bits per heavy atom. The third kappa shape index (κ3) is 2.78. The van der Waals surface area contributed by atoms with Gasteiger partial charge in [0.1, 0.15) is 0 Å². The molecular weight excluding hydrogens is 374 g/mol. The van der Waals surface area contributed by atoms with Gasteiger partial charge in [-0.25, -0.2) is 4.98 Å². The number of fused-ring (bicyclic) bond motifs is 5. The number of aryl methyl sites for hydroxylation is 2. The lowest BCUT2D eigenvalue weighted by Gasteiger charge is -2.52. The van der Waals surface area contributed by atoms with Crippen molar-refractivity contribution in [1.82, 2.24) is 25.0 Å². The second-order valence-electron chi connectivity index (χ2n) is 10.1. The lowest BCUT2D eigenvalue weighted by atomic mass is 9.57. The van der Waals surface area contributed by atoms with Crippen molar-refractivity contribution in [2.24, 2.45) is 11.1 Å². The monoisotopic (exact) mass is 405 g/mol. The van der Waals surface area contributed by atoms with Gasteiger partial charge in [-0.3, -0.25) is 9.78 Å². The number of anilines is 1. The zero-order valence-electron chi connectivity index (χ0n) is 18.0. The minimum absolute atomic E-state index is 0.128. The maximum Gasteiger partial charge on any atom is 0.157 e. The van der Waals surface area contributed by atoms with Gasteiger partial charge >= 0.3 is 0 Å². The Bertz CT molecular complexity index is 1100. The number of nitrogens with zero attached hydrogens (tertiary/aromatic N) is 5. The highest BCUT2D eigenvalue weighted by molar-refractivity contribution is 5.89. The van der Waals surface area contributed by atoms with Gasteiger partial charge in [0.2, 0.25) is 0 Å². The van der Waals surface area contributed by atoms with Crippen molar-refractivity contribution in [1.29, 1.82) is 0 Å². The Balaban J connectivity index is 1.29. The summed E-state index contributed by atoms with van der Waals surface area (Å²) < 4.78 is 2.36. The maximum atomic E-state index is 6.54. The van der Waals surface area contributed by atoms with Crippen molar-refractivity contribution in [2.75, 3.05) is 11.4 Å². The molecule has 30 heavy (non-hydrogen) atoms. The smallest absolute Gasteiger partial charge is 0.157 e. The summed E-state index contributed by atoms with van der Waals surface area (Å²) in [6.07, 6.45) is 10.3. The van der Waals surface area contributed by atoms with Gasteiger partial charge in [-0.2, -0.15) is 10.2 Å². The fraction of sp³-hybridized carbons (Fsp3) is 0.609. The molecule has 7 rings (SSSR count). The quantitative estimate of drug-likeness (QED) is 0.697. The Kier molecular flexibility index (Phi) is 3.85. The first kappa shape index (κ1) is 18.4. The van der Waals surface area contributed by atoms with Crippen LogP contribution in [0.3, 0.4) is 0 Å². The standard InChI is InChI=1S/C23H31N7/c1-15-11-20(17-12-25-27-21(17)26-15)29-10-3-19-18(13-29)16(2)28-30(19)14-22-4-7-23(24,8-5-22)9-6-22/h11-12H,3-10,13-14,24H2,1-2H3,(H,25,26,27). The van der Waals surface area contributed by atoms with E-state index in [0.717, 1.165) is 42.8 Å². The zero-order chi connectivity index (χ0) is 20.5. The number of aromatic nitrogens is 5. The lowest BCUT2D eigenvalue weighted by Crippen LogP contribution is -2.53. The van der Waals surface area contributed by atoms with Gasteiger partial charge in [-0.15, -0.1) is 0 Å². The average molecular weight is 406 g/mol. The van der Waals surface area contributed by atoms with Gasteiger partial charge in [-0.1, -0.05) is 0 Å². The molecule has 0 aromatic carbocycles. The van der Waals surface area contributed by atoms with E-state index in [-0.39, 0.29) is 5.54 Å². The molecule has 3 saturated carbocycles. The largest absolute Gasteiger partial charge is 0.366 e. The molecule has 0 unspecified atom stereocenters.